The van der Waals surface area contributed by atoms with Crippen LogP contribution in [0.25, 0.3) is 6.08 Å². The van der Waals surface area contributed by atoms with E-state index in [0.29, 0.717) is 23.7 Å². The smallest absolute Gasteiger partial charge is 0.363 e. The molecule has 0 aromatic heterocycles. The van der Waals surface area contributed by atoms with E-state index in [2.05, 4.69) is 25.8 Å². The highest BCUT2D eigenvalue weighted by Crippen LogP contribution is 2.30. The maximum absolute atomic E-state index is 12.3. The predicted octanol–water partition coefficient (Wildman–Crippen LogP) is 4.65. The van der Waals surface area contributed by atoms with Crippen LogP contribution in [0.2, 0.25) is 0 Å². The van der Waals surface area contributed by atoms with Gasteiger partial charge in [-0.25, -0.2) is 9.79 Å². The van der Waals surface area contributed by atoms with Crippen LogP contribution in [0.5, 0.6) is 11.5 Å². The van der Waals surface area contributed by atoms with Gasteiger partial charge >= 0.3 is 11.9 Å². The maximum atomic E-state index is 12.3. The summed E-state index contributed by atoms with van der Waals surface area (Å²) in [5.41, 5.74) is 2.82. The van der Waals surface area contributed by atoms with Crippen molar-refractivity contribution in [2.75, 3.05) is 6.61 Å². The number of ether oxygens (including phenoxy) is 3. The van der Waals surface area contributed by atoms with Gasteiger partial charge in [-0.1, -0.05) is 39.0 Å². The highest BCUT2D eigenvalue weighted by Gasteiger charge is 2.25. The minimum atomic E-state index is -0.521. The molecule has 0 atom stereocenters. The third kappa shape index (κ3) is 4.95. The number of cyclic esters (lactones) is 1. The van der Waals surface area contributed by atoms with Crippen molar-refractivity contribution >= 4 is 23.9 Å². The van der Waals surface area contributed by atoms with E-state index in [-0.39, 0.29) is 17.0 Å². The highest BCUT2D eigenvalue weighted by molar-refractivity contribution is 6.12. The largest absolute Gasteiger partial charge is 0.490 e. The van der Waals surface area contributed by atoms with E-state index in [1.165, 1.54) is 12.5 Å². The molecule has 6 nitrogen and oxygen atoms in total. The first-order valence-corrected chi connectivity index (χ1v) is 9.76. The number of aliphatic imine (C=N–C) groups is 1. The van der Waals surface area contributed by atoms with Gasteiger partial charge in [-0.05, 0) is 53.8 Å². The molecule has 0 bridgehead atoms. The minimum Gasteiger partial charge on any atom is -0.490 e. The van der Waals surface area contributed by atoms with E-state index in [1.54, 1.807) is 24.3 Å². The Balaban J connectivity index is 1.88. The van der Waals surface area contributed by atoms with Gasteiger partial charge in [-0.2, -0.15) is 0 Å². The lowest BCUT2D eigenvalue weighted by Crippen LogP contribution is -2.11. The number of carbonyl (C=O) groups is 2. The molecule has 30 heavy (non-hydrogen) atoms. The normalized spacial score (nSPS) is 15.0. The molecule has 1 heterocycles. The molecule has 0 amide bonds. The molecule has 0 fully saturated rings. The van der Waals surface area contributed by atoms with Crippen molar-refractivity contribution in [3.63, 3.8) is 0 Å². The lowest BCUT2D eigenvalue weighted by atomic mass is 9.87. The molecule has 1 aliphatic heterocycles. The van der Waals surface area contributed by atoms with Crippen molar-refractivity contribution in [2.45, 2.75) is 40.0 Å². The van der Waals surface area contributed by atoms with Crippen LogP contribution in [-0.2, 0) is 19.7 Å². The zero-order valence-electron chi connectivity index (χ0n) is 17.8. The van der Waals surface area contributed by atoms with Gasteiger partial charge in [0.05, 0.1) is 6.61 Å². The van der Waals surface area contributed by atoms with Crippen LogP contribution in [0.3, 0.4) is 0 Å². The zero-order valence-corrected chi connectivity index (χ0v) is 17.8. The molecule has 6 heteroatoms. The Morgan fingerprint density at radius 3 is 2.40 bits per heavy atom. The van der Waals surface area contributed by atoms with Gasteiger partial charge < -0.3 is 14.2 Å². The van der Waals surface area contributed by atoms with E-state index < -0.39 is 11.9 Å². The number of esters is 2. The average molecular weight is 407 g/mol. The fraction of sp³-hybridized carbons (Fsp3) is 0.292. The summed E-state index contributed by atoms with van der Waals surface area (Å²) >= 11 is 0. The van der Waals surface area contributed by atoms with E-state index in [4.69, 9.17) is 14.2 Å². The van der Waals surface area contributed by atoms with Crippen LogP contribution >= 0.6 is 0 Å². The first-order chi connectivity index (χ1) is 14.2. The van der Waals surface area contributed by atoms with Crippen molar-refractivity contribution in [3.05, 3.63) is 64.9 Å². The lowest BCUT2D eigenvalue weighted by molar-refractivity contribution is -0.132. The third-order valence-corrected chi connectivity index (χ3v) is 4.44. The Labute approximate surface area is 176 Å². The summed E-state index contributed by atoms with van der Waals surface area (Å²) in [6, 6.07) is 12.8. The van der Waals surface area contributed by atoms with E-state index in [0.717, 1.165) is 5.56 Å². The van der Waals surface area contributed by atoms with E-state index in [9.17, 15) is 9.59 Å². The van der Waals surface area contributed by atoms with Crippen LogP contribution < -0.4 is 9.47 Å². The van der Waals surface area contributed by atoms with E-state index >= 15 is 0 Å². The van der Waals surface area contributed by atoms with Crippen molar-refractivity contribution in [3.8, 4) is 11.5 Å². The van der Waals surface area contributed by atoms with Gasteiger partial charge in [0.15, 0.2) is 17.2 Å². The number of benzene rings is 2. The van der Waals surface area contributed by atoms with Crippen LogP contribution in [-0.4, -0.2) is 24.4 Å². The van der Waals surface area contributed by atoms with Gasteiger partial charge in [-0.15, -0.1) is 0 Å². The molecule has 0 spiro atoms. The number of hydrogen-bond acceptors (Lipinski definition) is 6. The van der Waals surface area contributed by atoms with Crippen LogP contribution in [0, 0.1) is 0 Å². The fourth-order valence-electron chi connectivity index (χ4n) is 2.93. The Bertz CT molecular complexity index is 1030. The summed E-state index contributed by atoms with van der Waals surface area (Å²) in [5, 5.41) is 0. The lowest BCUT2D eigenvalue weighted by Gasteiger charge is -2.18. The first-order valence-electron chi connectivity index (χ1n) is 9.76. The summed E-state index contributed by atoms with van der Waals surface area (Å²) in [6.45, 7) is 9.98. The monoisotopic (exact) mass is 407 g/mol. The van der Waals surface area contributed by atoms with Gasteiger partial charge in [0.1, 0.15) is 0 Å². The standard InChI is InChI=1S/C24H25NO5/c1-6-28-21-14-16(7-12-20(21)29-15(2)26)13-19-23(27)30-22(25-19)17-8-10-18(11-9-17)24(3,4)5/h7-14H,6H2,1-5H3/b19-13+. The second-order valence-corrected chi connectivity index (χ2v) is 7.90. The molecule has 0 saturated heterocycles. The molecule has 156 valence electrons. The second-order valence-electron chi connectivity index (χ2n) is 7.90. The van der Waals surface area contributed by atoms with Gasteiger partial charge in [0.2, 0.25) is 5.90 Å². The fourth-order valence-corrected chi connectivity index (χ4v) is 2.93. The Morgan fingerprint density at radius 1 is 1.10 bits per heavy atom. The van der Waals surface area contributed by atoms with Crippen LogP contribution in [0.4, 0.5) is 0 Å². The van der Waals surface area contributed by atoms with Crippen molar-refractivity contribution < 1.29 is 23.8 Å². The second kappa shape index (κ2) is 8.53. The number of nitrogens with zero attached hydrogens (tertiary/aromatic N) is 1. The predicted molar refractivity (Wildman–Crippen MR) is 115 cm³/mol. The highest BCUT2D eigenvalue weighted by atomic mass is 16.6. The van der Waals surface area contributed by atoms with Crippen LogP contribution in [0.1, 0.15) is 51.3 Å². The minimum absolute atomic E-state index is 0.0360. The van der Waals surface area contributed by atoms with Crippen LogP contribution in [0.15, 0.2) is 53.2 Å². The molecule has 1 aliphatic rings. The molecule has 0 N–H and O–H groups in total. The molecular weight excluding hydrogens is 382 g/mol. The van der Waals surface area contributed by atoms with E-state index in [1.807, 2.05) is 31.2 Å². The molecule has 0 aliphatic carbocycles. The Kier molecular flexibility index (Phi) is 6.06. The van der Waals surface area contributed by atoms with Crippen molar-refractivity contribution in [1.82, 2.24) is 0 Å². The molecular formula is C24H25NO5. The summed E-state index contributed by atoms with van der Waals surface area (Å²) < 4.78 is 16.0. The molecule has 3 rings (SSSR count). The quantitative estimate of drug-likeness (QED) is 0.410. The summed E-state index contributed by atoms with van der Waals surface area (Å²) in [4.78, 5) is 27.9. The van der Waals surface area contributed by atoms with Gasteiger partial charge in [0.25, 0.3) is 0 Å². The van der Waals surface area contributed by atoms with Gasteiger partial charge in [0, 0.05) is 12.5 Å². The first kappa shape index (κ1) is 21.3. The average Bonchev–Trinajstić information content (AvgIpc) is 3.03. The summed E-state index contributed by atoms with van der Waals surface area (Å²) in [6.07, 6.45) is 1.61. The molecule has 0 radical (unpaired) electrons. The molecule has 0 unspecified atom stereocenters. The Morgan fingerprint density at radius 2 is 1.80 bits per heavy atom. The third-order valence-electron chi connectivity index (χ3n) is 4.44. The number of hydrogen-bond donors (Lipinski definition) is 0. The maximum Gasteiger partial charge on any atom is 0.363 e. The van der Waals surface area contributed by atoms with Gasteiger partial charge in [-0.3, -0.25) is 4.79 Å². The van der Waals surface area contributed by atoms with Crippen molar-refractivity contribution in [1.29, 1.82) is 0 Å². The number of rotatable bonds is 5. The molecule has 2 aromatic rings. The SMILES string of the molecule is CCOc1cc(/C=C2/N=C(c3ccc(C(C)(C)C)cc3)OC2=O)ccc1OC(C)=O. The zero-order chi connectivity index (χ0) is 21.9. The topological polar surface area (TPSA) is 74.2 Å². The Hall–Kier alpha value is -3.41. The molecule has 2 aromatic carbocycles. The van der Waals surface area contributed by atoms with Crippen molar-refractivity contribution in [2.24, 2.45) is 4.99 Å². The summed E-state index contributed by atoms with van der Waals surface area (Å²) in [7, 11) is 0. The summed E-state index contributed by atoms with van der Waals surface area (Å²) in [5.74, 6) is 0.0485. The molecule has 0 saturated carbocycles. The number of carbonyl (C=O) groups excluding carboxylic acids is 2.